The van der Waals surface area contributed by atoms with Crippen LogP contribution in [-0.2, 0) is 20.9 Å². The number of hydrogen-bond acceptors (Lipinski definition) is 7. The minimum atomic E-state index is -1.21. The van der Waals surface area contributed by atoms with Gasteiger partial charge in [-0.2, -0.15) is 0 Å². The van der Waals surface area contributed by atoms with Crippen LogP contribution in [0.1, 0.15) is 50.7 Å². The van der Waals surface area contributed by atoms with E-state index < -0.39 is 22.8 Å². The van der Waals surface area contributed by atoms with E-state index >= 15 is 0 Å². The molecule has 200 valence electrons. The summed E-state index contributed by atoms with van der Waals surface area (Å²) in [4.78, 5) is 38.8. The van der Waals surface area contributed by atoms with Crippen LogP contribution >= 0.6 is 0 Å². The number of nitro benzene ring substituents is 1. The maximum atomic E-state index is 13.4. The van der Waals surface area contributed by atoms with Crippen molar-refractivity contribution in [3.8, 4) is 0 Å². The number of benzene rings is 2. The first-order chi connectivity index (χ1) is 18.1. The molecule has 0 spiro atoms. The Kier molecular flexibility index (Phi) is 7.97. The Morgan fingerprint density at radius 2 is 1.84 bits per heavy atom. The van der Waals surface area contributed by atoms with E-state index in [1.807, 2.05) is 18.2 Å². The Morgan fingerprint density at radius 1 is 1.13 bits per heavy atom. The highest BCUT2D eigenvalue weighted by atomic mass is 16.6. The molecule has 9 heteroatoms. The number of allylic oxidation sites excluding steroid dienone is 2. The van der Waals surface area contributed by atoms with Crippen LogP contribution in [0.3, 0.4) is 0 Å². The van der Waals surface area contributed by atoms with Gasteiger partial charge in [-0.1, -0.05) is 49.4 Å². The van der Waals surface area contributed by atoms with E-state index in [9.17, 15) is 24.8 Å². The number of carbonyl (C=O) groups excluding carboxylic acids is 1. The third-order valence-corrected chi connectivity index (χ3v) is 7.45. The van der Waals surface area contributed by atoms with E-state index in [1.54, 1.807) is 19.9 Å². The van der Waals surface area contributed by atoms with E-state index in [1.165, 1.54) is 23.8 Å². The second-order valence-corrected chi connectivity index (χ2v) is 10.4. The maximum absolute atomic E-state index is 13.4. The molecule has 1 fully saturated rings. The number of carboxylic acids is 1. The van der Waals surface area contributed by atoms with Gasteiger partial charge in [-0.3, -0.25) is 15.0 Å². The lowest BCUT2D eigenvalue weighted by Crippen LogP contribution is -2.32. The first kappa shape index (κ1) is 27.1. The largest absolute Gasteiger partial charge is 0.478 e. The van der Waals surface area contributed by atoms with Crippen LogP contribution in [0.15, 0.2) is 77.1 Å². The number of carboxylic acid groups (broad SMARTS) is 1. The van der Waals surface area contributed by atoms with Gasteiger partial charge in [0, 0.05) is 36.6 Å². The minimum absolute atomic E-state index is 0.00847. The van der Waals surface area contributed by atoms with Crippen LogP contribution in [0.25, 0.3) is 0 Å². The van der Waals surface area contributed by atoms with Crippen LogP contribution in [-0.4, -0.2) is 46.6 Å². The summed E-state index contributed by atoms with van der Waals surface area (Å²) in [5.74, 6) is -2.83. The van der Waals surface area contributed by atoms with E-state index in [4.69, 9.17) is 4.74 Å². The zero-order chi connectivity index (χ0) is 27.4. The molecule has 0 aromatic heterocycles. The topological polar surface area (TPSA) is 122 Å². The Morgan fingerprint density at radius 3 is 2.53 bits per heavy atom. The first-order valence-electron chi connectivity index (χ1n) is 12.7. The lowest BCUT2D eigenvalue weighted by atomic mass is 9.80. The average Bonchev–Trinajstić information content (AvgIpc) is 3.24. The molecule has 2 aliphatic rings. The minimum Gasteiger partial charge on any atom is -0.478 e. The lowest BCUT2D eigenvalue weighted by Gasteiger charge is -2.30. The molecule has 0 aliphatic carbocycles. The van der Waals surface area contributed by atoms with Gasteiger partial charge in [0.15, 0.2) is 0 Å². The molecule has 2 aromatic carbocycles. The number of carbonyl (C=O) groups is 2. The Labute approximate surface area is 221 Å². The SMILES string of the molecule is CC1=C(C(=O)O)C(c2cccc([N+](=O)[O-])c2)C(C(=O)OCC[C@]2(C)CCN(Cc3ccccc3)C2)=C(C)N1. The van der Waals surface area contributed by atoms with Crippen molar-refractivity contribution in [2.75, 3.05) is 19.7 Å². The number of rotatable bonds is 9. The van der Waals surface area contributed by atoms with Gasteiger partial charge in [0.1, 0.15) is 0 Å². The fourth-order valence-electron chi connectivity index (χ4n) is 5.47. The molecular weight excluding hydrogens is 486 g/mol. The summed E-state index contributed by atoms with van der Waals surface area (Å²) in [6.07, 6.45) is 1.66. The highest BCUT2D eigenvalue weighted by Crippen LogP contribution is 2.40. The van der Waals surface area contributed by atoms with Crippen molar-refractivity contribution in [3.05, 3.63) is 98.4 Å². The van der Waals surface area contributed by atoms with Crippen molar-refractivity contribution < 1.29 is 24.4 Å². The predicted molar refractivity (Wildman–Crippen MR) is 142 cm³/mol. The average molecular weight is 520 g/mol. The number of likely N-dealkylation sites (tertiary alicyclic amines) is 1. The van der Waals surface area contributed by atoms with Gasteiger partial charge in [-0.25, -0.2) is 9.59 Å². The quantitative estimate of drug-likeness (QED) is 0.276. The van der Waals surface area contributed by atoms with Crippen molar-refractivity contribution in [2.24, 2.45) is 5.41 Å². The predicted octanol–water partition coefficient (Wildman–Crippen LogP) is 4.76. The molecule has 38 heavy (non-hydrogen) atoms. The number of aliphatic carboxylic acids is 1. The van der Waals surface area contributed by atoms with Gasteiger partial charge in [0.2, 0.25) is 0 Å². The summed E-state index contributed by atoms with van der Waals surface area (Å²) in [7, 11) is 0. The Bertz CT molecular complexity index is 1300. The maximum Gasteiger partial charge on any atom is 0.336 e. The summed E-state index contributed by atoms with van der Waals surface area (Å²) in [6, 6.07) is 16.0. The fourth-order valence-corrected chi connectivity index (χ4v) is 5.47. The van der Waals surface area contributed by atoms with Gasteiger partial charge in [0.25, 0.3) is 5.69 Å². The van der Waals surface area contributed by atoms with Crippen LogP contribution in [0, 0.1) is 15.5 Å². The molecule has 2 atom stereocenters. The monoisotopic (exact) mass is 519 g/mol. The molecule has 4 rings (SSSR count). The third kappa shape index (κ3) is 5.94. The van der Waals surface area contributed by atoms with Crippen molar-refractivity contribution in [2.45, 2.75) is 46.1 Å². The van der Waals surface area contributed by atoms with Crippen molar-refractivity contribution >= 4 is 17.6 Å². The van der Waals surface area contributed by atoms with Crippen LogP contribution in [0.5, 0.6) is 0 Å². The number of ether oxygens (including phenoxy) is 1. The second-order valence-electron chi connectivity index (χ2n) is 10.4. The Hall–Kier alpha value is -3.98. The zero-order valence-corrected chi connectivity index (χ0v) is 21.9. The van der Waals surface area contributed by atoms with Crippen molar-refractivity contribution in [1.82, 2.24) is 10.2 Å². The number of non-ortho nitro benzene ring substituents is 1. The number of nitro groups is 1. The fraction of sp³-hybridized carbons (Fsp3) is 0.379. The zero-order valence-electron chi connectivity index (χ0n) is 21.9. The smallest absolute Gasteiger partial charge is 0.336 e. The summed E-state index contributed by atoms with van der Waals surface area (Å²) in [5.41, 5.74) is 2.38. The van der Waals surface area contributed by atoms with Crippen LogP contribution in [0.2, 0.25) is 0 Å². The molecule has 9 nitrogen and oxygen atoms in total. The van der Waals surface area contributed by atoms with Crippen molar-refractivity contribution in [1.29, 1.82) is 0 Å². The molecule has 2 heterocycles. The second kappa shape index (κ2) is 11.2. The molecular formula is C29H33N3O6. The highest BCUT2D eigenvalue weighted by molar-refractivity contribution is 5.99. The molecule has 0 saturated carbocycles. The molecule has 1 unspecified atom stereocenters. The number of dihydropyridines is 1. The van der Waals surface area contributed by atoms with Crippen LogP contribution < -0.4 is 5.32 Å². The van der Waals surface area contributed by atoms with E-state index in [2.05, 4.69) is 29.3 Å². The number of esters is 1. The molecule has 0 radical (unpaired) electrons. The van der Waals surface area contributed by atoms with Gasteiger partial charge < -0.3 is 15.2 Å². The summed E-state index contributed by atoms with van der Waals surface area (Å²) in [6.45, 7) is 8.42. The van der Waals surface area contributed by atoms with E-state index in [0.29, 0.717) is 23.4 Å². The molecule has 0 bridgehead atoms. The lowest BCUT2D eigenvalue weighted by molar-refractivity contribution is -0.384. The number of nitrogens with zero attached hydrogens (tertiary/aromatic N) is 2. The summed E-state index contributed by atoms with van der Waals surface area (Å²) < 4.78 is 5.72. The van der Waals surface area contributed by atoms with Crippen molar-refractivity contribution in [3.63, 3.8) is 0 Å². The van der Waals surface area contributed by atoms with Gasteiger partial charge in [-0.15, -0.1) is 0 Å². The molecule has 2 aromatic rings. The molecule has 2 N–H and O–H groups in total. The third-order valence-electron chi connectivity index (χ3n) is 7.45. The molecule has 2 aliphatic heterocycles. The standard InChI is InChI=1S/C29H33N3O6/c1-19-24(27(33)34)26(22-10-7-11-23(16-22)32(36)37)25(20(2)30-19)28(35)38-15-13-29(3)12-14-31(18-29)17-21-8-5-4-6-9-21/h4-11,16,26,30H,12-15,17-18H2,1-3H3,(H,33,34)/t26?,29-/m0/s1. The highest BCUT2D eigenvalue weighted by Gasteiger charge is 2.38. The van der Waals surface area contributed by atoms with Gasteiger partial charge in [0.05, 0.1) is 28.6 Å². The Balaban J connectivity index is 1.48. The number of nitrogens with one attached hydrogen (secondary N) is 1. The van der Waals surface area contributed by atoms with Crippen LogP contribution in [0.4, 0.5) is 5.69 Å². The van der Waals surface area contributed by atoms with E-state index in [0.717, 1.165) is 26.1 Å². The first-order valence-corrected chi connectivity index (χ1v) is 12.7. The van der Waals surface area contributed by atoms with Gasteiger partial charge in [-0.05, 0) is 49.8 Å². The molecule has 1 saturated heterocycles. The number of hydrogen-bond donors (Lipinski definition) is 2. The normalized spacial score (nSPS) is 21.8. The summed E-state index contributed by atoms with van der Waals surface area (Å²) in [5, 5.41) is 24.3. The van der Waals surface area contributed by atoms with Gasteiger partial charge >= 0.3 is 11.9 Å². The summed E-state index contributed by atoms with van der Waals surface area (Å²) >= 11 is 0. The van der Waals surface area contributed by atoms with E-state index in [-0.39, 0.29) is 28.9 Å². The molecule has 0 amide bonds.